The van der Waals surface area contributed by atoms with Crippen LogP contribution in [0, 0.1) is 0 Å². The van der Waals surface area contributed by atoms with Gasteiger partial charge in [0.05, 0.1) is 23.0 Å². The summed E-state index contributed by atoms with van der Waals surface area (Å²) in [7, 11) is 0. The predicted octanol–water partition coefficient (Wildman–Crippen LogP) is 1.00. The molecule has 0 saturated carbocycles. The Morgan fingerprint density at radius 3 is 2.62 bits per heavy atom. The molecule has 2 aromatic rings. The van der Waals surface area contributed by atoms with Gasteiger partial charge in [-0.1, -0.05) is 18.2 Å². The molecule has 34 heavy (non-hydrogen) atoms. The highest BCUT2D eigenvalue weighted by Crippen LogP contribution is 2.39. The van der Waals surface area contributed by atoms with Gasteiger partial charge in [0.25, 0.3) is 11.8 Å². The van der Waals surface area contributed by atoms with Crippen LogP contribution in [0.1, 0.15) is 44.0 Å². The number of benzene rings is 1. The standard InChI is InChI=1S/C23H30N6O4S/c1-14(15-5-7-16(8-6-15)29-12-4-10-25-29)26-20(32)18(30)19(31)21(33)28-11-3-9-23(28,2)17-13-34-22(24)27-17/h4-8,12-14,18-19,25,30-31H,3,9-11H2,1-2H3,(H2,24,27)(H,26,32)/t14-,18-,19-,23?/m1/s1. The number of amides is 2. The quantitative estimate of drug-likeness (QED) is 0.390. The minimum atomic E-state index is -1.90. The number of likely N-dealkylation sites (tertiary alicyclic amines) is 1. The fraction of sp³-hybridized carbons (Fsp3) is 0.435. The van der Waals surface area contributed by atoms with Crippen molar-refractivity contribution in [3.63, 3.8) is 0 Å². The van der Waals surface area contributed by atoms with E-state index in [-0.39, 0.29) is 0 Å². The Hall–Kier alpha value is -2.99. The topological polar surface area (TPSA) is 144 Å². The summed E-state index contributed by atoms with van der Waals surface area (Å²) in [4.78, 5) is 31.5. The van der Waals surface area contributed by atoms with Crippen molar-refractivity contribution < 1.29 is 19.8 Å². The van der Waals surface area contributed by atoms with E-state index in [4.69, 9.17) is 5.73 Å². The van der Waals surface area contributed by atoms with Crippen LogP contribution in [0.4, 0.5) is 10.8 Å². The van der Waals surface area contributed by atoms with Gasteiger partial charge in [0, 0.05) is 24.7 Å². The number of carbonyl (C=O) groups excluding carboxylic acids is 2. The number of aliphatic hydroxyl groups excluding tert-OH is 2. The number of hydrogen-bond donors (Lipinski definition) is 5. The minimum Gasteiger partial charge on any atom is -0.380 e. The lowest BCUT2D eigenvalue weighted by Gasteiger charge is -2.36. The maximum Gasteiger partial charge on any atom is 0.255 e. The van der Waals surface area contributed by atoms with Gasteiger partial charge in [0.2, 0.25) is 0 Å². The molecule has 2 amide bonds. The first-order valence-corrected chi connectivity index (χ1v) is 12.1. The van der Waals surface area contributed by atoms with E-state index in [2.05, 4.69) is 15.7 Å². The first-order valence-electron chi connectivity index (χ1n) is 11.2. The van der Waals surface area contributed by atoms with Crippen molar-refractivity contribution in [2.24, 2.45) is 0 Å². The molecule has 6 N–H and O–H groups in total. The molecule has 4 rings (SSSR count). The van der Waals surface area contributed by atoms with E-state index < -0.39 is 35.6 Å². The number of carbonyl (C=O) groups is 2. The van der Waals surface area contributed by atoms with Gasteiger partial charge in [-0.05, 0) is 44.4 Å². The summed E-state index contributed by atoms with van der Waals surface area (Å²) in [6.45, 7) is 4.78. The second-order valence-corrected chi connectivity index (χ2v) is 9.66. The lowest BCUT2D eigenvalue weighted by atomic mass is 9.94. The zero-order valence-electron chi connectivity index (χ0n) is 19.1. The van der Waals surface area contributed by atoms with Crippen molar-refractivity contribution in [3.8, 4) is 0 Å². The third-order valence-corrected chi connectivity index (χ3v) is 7.14. The van der Waals surface area contributed by atoms with Gasteiger partial charge in [-0.2, -0.15) is 0 Å². The van der Waals surface area contributed by atoms with Crippen LogP contribution in [0.25, 0.3) is 0 Å². The molecule has 1 saturated heterocycles. The fourth-order valence-corrected chi connectivity index (χ4v) is 5.09. The summed E-state index contributed by atoms with van der Waals surface area (Å²) < 4.78 is 0. The van der Waals surface area contributed by atoms with Crippen LogP contribution in [0.15, 0.2) is 41.9 Å². The van der Waals surface area contributed by atoms with Crippen LogP contribution in [-0.2, 0) is 15.1 Å². The highest BCUT2D eigenvalue weighted by molar-refractivity contribution is 7.13. The Morgan fingerprint density at radius 2 is 2.00 bits per heavy atom. The van der Waals surface area contributed by atoms with Gasteiger partial charge in [-0.15, -0.1) is 11.3 Å². The SMILES string of the molecule is C[C@@H](NC(=O)[C@H](O)[C@@H](O)C(=O)N1CCCC1(C)c1csc(N)n1)c1ccc(N2C=CCN2)cc1. The fourth-order valence-electron chi connectivity index (χ4n) is 4.40. The van der Waals surface area contributed by atoms with Crippen LogP contribution < -0.4 is 21.5 Å². The average Bonchev–Trinajstić information content (AvgIpc) is 3.59. The molecule has 2 aliphatic rings. The normalized spacial score (nSPS) is 22.6. The second kappa shape index (κ2) is 9.71. The number of rotatable bonds is 7. The summed E-state index contributed by atoms with van der Waals surface area (Å²) in [6, 6.07) is 7.13. The summed E-state index contributed by atoms with van der Waals surface area (Å²) in [5, 5.41) is 27.8. The highest BCUT2D eigenvalue weighted by atomic mass is 32.1. The van der Waals surface area contributed by atoms with E-state index >= 15 is 0 Å². The molecular formula is C23H30N6O4S. The molecule has 11 heteroatoms. The van der Waals surface area contributed by atoms with Gasteiger partial charge in [0.1, 0.15) is 0 Å². The summed E-state index contributed by atoms with van der Waals surface area (Å²) >= 11 is 1.28. The lowest BCUT2D eigenvalue weighted by molar-refractivity contribution is -0.156. The number of anilines is 2. The average molecular weight is 487 g/mol. The van der Waals surface area contributed by atoms with Crippen LogP contribution >= 0.6 is 11.3 Å². The van der Waals surface area contributed by atoms with Crippen LogP contribution in [0.3, 0.4) is 0 Å². The summed E-state index contributed by atoms with van der Waals surface area (Å²) in [5.41, 5.74) is 10.6. The monoisotopic (exact) mass is 486 g/mol. The van der Waals surface area contributed by atoms with Crippen LogP contribution in [0.5, 0.6) is 0 Å². The summed E-state index contributed by atoms with van der Waals surface area (Å²) in [6.07, 6.45) is 1.50. The van der Waals surface area contributed by atoms with Crippen LogP contribution in [0.2, 0.25) is 0 Å². The first kappa shape index (κ1) is 24.1. The van der Waals surface area contributed by atoms with Gasteiger partial charge in [-0.25, -0.2) is 10.4 Å². The highest BCUT2D eigenvalue weighted by Gasteiger charge is 2.46. The number of hydrazine groups is 1. The van der Waals surface area contributed by atoms with Crippen molar-refractivity contribution in [1.29, 1.82) is 0 Å². The maximum absolute atomic E-state index is 13.1. The molecular weight excluding hydrogens is 456 g/mol. The number of hydrogen-bond acceptors (Lipinski definition) is 9. The number of nitrogen functional groups attached to an aromatic ring is 1. The van der Waals surface area contributed by atoms with Crippen molar-refractivity contribution in [3.05, 3.63) is 53.2 Å². The van der Waals surface area contributed by atoms with Crippen molar-refractivity contribution in [2.45, 2.75) is 50.5 Å². The number of thiazole rings is 1. The smallest absolute Gasteiger partial charge is 0.255 e. The number of aliphatic hydroxyl groups is 2. The second-order valence-electron chi connectivity index (χ2n) is 8.77. The summed E-state index contributed by atoms with van der Waals surface area (Å²) in [5.74, 6) is -1.53. The van der Waals surface area contributed by atoms with E-state index in [1.54, 1.807) is 12.3 Å². The van der Waals surface area contributed by atoms with Gasteiger partial charge in [-0.3, -0.25) is 14.6 Å². The molecule has 2 aliphatic heterocycles. The molecule has 0 radical (unpaired) electrons. The molecule has 182 valence electrons. The van der Waals surface area contributed by atoms with E-state index in [0.717, 1.165) is 17.8 Å². The minimum absolute atomic E-state index is 0.391. The molecule has 0 spiro atoms. The molecule has 1 aromatic carbocycles. The number of nitrogens with one attached hydrogen (secondary N) is 2. The molecule has 4 atom stereocenters. The van der Waals surface area contributed by atoms with Gasteiger partial charge >= 0.3 is 0 Å². The van der Waals surface area contributed by atoms with E-state index in [9.17, 15) is 19.8 Å². The Balaban J connectivity index is 1.38. The molecule has 1 unspecified atom stereocenters. The van der Waals surface area contributed by atoms with E-state index in [1.807, 2.05) is 48.5 Å². The van der Waals surface area contributed by atoms with E-state index in [1.165, 1.54) is 16.2 Å². The number of nitrogens with two attached hydrogens (primary N) is 1. The van der Waals surface area contributed by atoms with Gasteiger partial charge < -0.3 is 26.2 Å². The molecule has 1 fully saturated rings. The van der Waals surface area contributed by atoms with Crippen molar-refractivity contribution in [1.82, 2.24) is 20.6 Å². The third kappa shape index (κ3) is 4.64. The predicted molar refractivity (Wildman–Crippen MR) is 129 cm³/mol. The zero-order valence-corrected chi connectivity index (χ0v) is 20.0. The number of aromatic nitrogens is 1. The van der Waals surface area contributed by atoms with E-state index in [0.29, 0.717) is 30.2 Å². The molecule has 10 nitrogen and oxygen atoms in total. The van der Waals surface area contributed by atoms with Crippen molar-refractivity contribution in [2.75, 3.05) is 23.8 Å². The Kier molecular flexibility index (Phi) is 6.89. The van der Waals surface area contributed by atoms with Crippen LogP contribution in [-0.4, -0.2) is 57.2 Å². The third-order valence-electron chi connectivity index (χ3n) is 6.47. The Labute approximate surface area is 202 Å². The lowest BCUT2D eigenvalue weighted by Crippen LogP contribution is -2.54. The molecule has 3 heterocycles. The molecule has 0 aliphatic carbocycles. The Bertz CT molecular complexity index is 1070. The van der Waals surface area contributed by atoms with Crippen molar-refractivity contribution >= 4 is 34.0 Å². The molecule has 0 bridgehead atoms. The maximum atomic E-state index is 13.1. The zero-order chi connectivity index (χ0) is 24.5. The first-order chi connectivity index (χ1) is 16.2. The van der Waals surface area contributed by atoms with Gasteiger partial charge in [0.15, 0.2) is 17.3 Å². The Morgan fingerprint density at radius 1 is 1.26 bits per heavy atom. The number of nitrogens with zero attached hydrogens (tertiary/aromatic N) is 3. The largest absolute Gasteiger partial charge is 0.380 e. The molecule has 1 aromatic heterocycles.